The molecule has 0 aromatic carbocycles. The Morgan fingerprint density at radius 2 is 2.06 bits per heavy atom. The molecule has 1 unspecified atom stereocenters. The van der Waals surface area contributed by atoms with E-state index >= 15 is 0 Å². The van der Waals surface area contributed by atoms with Crippen molar-refractivity contribution in [3.63, 3.8) is 0 Å². The molecule has 0 aliphatic carbocycles. The highest BCUT2D eigenvalue weighted by molar-refractivity contribution is 5.76. The molecule has 0 aromatic rings. The van der Waals surface area contributed by atoms with E-state index in [1.807, 2.05) is 0 Å². The number of hydrogen-bond donors (Lipinski definition) is 2. The number of carboxylic acids is 1. The van der Waals surface area contributed by atoms with Gasteiger partial charge in [-0.3, -0.25) is 9.59 Å². The van der Waals surface area contributed by atoms with Gasteiger partial charge in [0.05, 0.1) is 12.5 Å². The van der Waals surface area contributed by atoms with Crippen LogP contribution in [0.3, 0.4) is 0 Å². The van der Waals surface area contributed by atoms with Gasteiger partial charge in [-0.25, -0.2) is 8.78 Å². The van der Waals surface area contributed by atoms with Crippen LogP contribution in [0.15, 0.2) is 0 Å². The molecular weight excluding hydrogens is 236 g/mol. The maximum Gasteiger partial charge on any atom is 0.306 e. The van der Waals surface area contributed by atoms with E-state index < -0.39 is 24.9 Å². The fraction of sp³-hybridized carbons (Fsp3) is 0.800. The lowest BCUT2D eigenvalue weighted by Gasteiger charge is -2.08. The van der Waals surface area contributed by atoms with Gasteiger partial charge in [0, 0.05) is 13.0 Å². The second kappa shape index (κ2) is 8.86. The van der Waals surface area contributed by atoms with E-state index in [9.17, 15) is 18.4 Å². The lowest BCUT2D eigenvalue weighted by Crippen LogP contribution is -2.28. The molecule has 0 radical (unpaired) electrons. The van der Waals surface area contributed by atoms with E-state index in [0.29, 0.717) is 6.42 Å². The summed E-state index contributed by atoms with van der Waals surface area (Å²) in [5.41, 5.74) is 0. The average molecular weight is 253 g/mol. The van der Waals surface area contributed by atoms with Crippen molar-refractivity contribution in [1.29, 1.82) is 0 Å². The number of carbonyl (C=O) groups excluding carboxylic acids is 1. The van der Waals surface area contributed by atoms with Crippen LogP contribution in [-0.4, -0.2) is 43.2 Å². The first-order valence-corrected chi connectivity index (χ1v) is 5.29. The molecular formula is C10H17F2NO4. The van der Waals surface area contributed by atoms with Crippen LogP contribution in [0.4, 0.5) is 8.78 Å². The van der Waals surface area contributed by atoms with Crippen LogP contribution >= 0.6 is 0 Å². The Bertz CT molecular complexity index is 248. The summed E-state index contributed by atoms with van der Waals surface area (Å²) < 4.78 is 27.8. The SMILES string of the molecule is CC(CCNC(=O)CCOCC(F)F)C(=O)O. The van der Waals surface area contributed by atoms with Crippen LogP contribution in [0.25, 0.3) is 0 Å². The van der Waals surface area contributed by atoms with Crippen molar-refractivity contribution in [1.82, 2.24) is 5.32 Å². The van der Waals surface area contributed by atoms with Gasteiger partial charge in [-0.15, -0.1) is 0 Å². The molecule has 0 heterocycles. The second-order valence-corrected chi connectivity index (χ2v) is 3.59. The molecule has 2 N–H and O–H groups in total. The van der Waals surface area contributed by atoms with Crippen molar-refractivity contribution in [3.05, 3.63) is 0 Å². The van der Waals surface area contributed by atoms with Gasteiger partial charge < -0.3 is 15.2 Å². The Kier molecular flexibility index (Phi) is 8.21. The fourth-order valence-corrected chi connectivity index (χ4v) is 0.977. The van der Waals surface area contributed by atoms with Crippen molar-refractivity contribution < 1.29 is 28.2 Å². The van der Waals surface area contributed by atoms with Gasteiger partial charge in [-0.05, 0) is 6.42 Å². The molecule has 0 aromatic heterocycles. The number of alkyl halides is 2. The molecule has 1 amide bonds. The van der Waals surface area contributed by atoms with E-state index in [1.165, 1.54) is 0 Å². The van der Waals surface area contributed by atoms with Crippen LogP contribution in [0.1, 0.15) is 19.8 Å². The van der Waals surface area contributed by atoms with Gasteiger partial charge in [0.25, 0.3) is 6.43 Å². The zero-order chi connectivity index (χ0) is 13.3. The molecule has 0 aliphatic heterocycles. The third-order valence-electron chi connectivity index (χ3n) is 2.04. The largest absolute Gasteiger partial charge is 0.481 e. The summed E-state index contributed by atoms with van der Waals surface area (Å²) >= 11 is 0. The number of amides is 1. The third-order valence-corrected chi connectivity index (χ3v) is 2.04. The van der Waals surface area contributed by atoms with E-state index in [2.05, 4.69) is 10.1 Å². The predicted octanol–water partition coefficient (Wildman–Crippen LogP) is 0.885. The highest BCUT2D eigenvalue weighted by atomic mass is 19.3. The number of carboxylic acid groups (broad SMARTS) is 1. The summed E-state index contributed by atoms with van der Waals surface area (Å²) in [5.74, 6) is -1.78. The zero-order valence-corrected chi connectivity index (χ0v) is 9.62. The quantitative estimate of drug-likeness (QED) is 0.598. The Morgan fingerprint density at radius 3 is 2.59 bits per heavy atom. The normalized spacial score (nSPS) is 12.5. The Morgan fingerprint density at radius 1 is 1.41 bits per heavy atom. The minimum atomic E-state index is -2.53. The number of ether oxygens (including phenoxy) is 1. The van der Waals surface area contributed by atoms with Gasteiger partial charge in [0.15, 0.2) is 0 Å². The molecule has 100 valence electrons. The highest BCUT2D eigenvalue weighted by Gasteiger charge is 2.10. The van der Waals surface area contributed by atoms with E-state index in [0.717, 1.165) is 0 Å². The van der Waals surface area contributed by atoms with Gasteiger partial charge >= 0.3 is 5.97 Å². The second-order valence-electron chi connectivity index (χ2n) is 3.59. The molecule has 1 atom stereocenters. The van der Waals surface area contributed by atoms with E-state index in [4.69, 9.17) is 5.11 Å². The molecule has 17 heavy (non-hydrogen) atoms. The third kappa shape index (κ3) is 9.68. The lowest BCUT2D eigenvalue weighted by molar-refractivity contribution is -0.141. The summed E-state index contributed by atoms with van der Waals surface area (Å²) in [6.45, 7) is 1.05. The molecule has 0 saturated heterocycles. The lowest BCUT2D eigenvalue weighted by atomic mass is 10.1. The van der Waals surface area contributed by atoms with Crippen LogP contribution in [0.2, 0.25) is 0 Å². The fourth-order valence-electron chi connectivity index (χ4n) is 0.977. The number of nitrogens with one attached hydrogen (secondary N) is 1. The zero-order valence-electron chi connectivity index (χ0n) is 9.62. The van der Waals surface area contributed by atoms with Gasteiger partial charge in [0.1, 0.15) is 6.61 Å². The molecule has 0 saturated carbocycles. The molecule has 0 aliphatic rings. The molecule has 0 fully saturated rings. The summed E-state index contributed by atoms with van der Waals surface area (Å²) in [6, 6.07) is 0. The predicted molar refractivity (Wildman–Crippen MR) is 55.9 cm³/mol. The number of carbonyl (C=O) groups is 2. The highest BCUT2D eigenvalue weighted by Crippen LogP contribution is 1.99. The van der Waals surface area contributed by atoms with E-state index in [1.54, 1.807) is 6.92 Å². The molecule has 0 bridgehead atoms. The monoisotopic (exact) mass is 253 g/mol. The van der Waals surface area contributed by atoms with Crippen molar-refractivity contribution in [2.45, 2.75) is 26.2 Å². The maximum atomic E-state index is 11.6. The van der Waals surface area contributed by atoms with Crippen LogP contribution in [0, 0.1) is 5.92 Å². The first kappa shape index (κ1) is 15.8. The summed E-state index contributed by atoms with van der Waals surface area (Å²) in [6.07, 6.45) is -2.21. The summed E-state index contributed by atoms with van der Waals surface area (Å²) in [5, 5.41) is 11.1. The van der Waals surface area contributed by atoms with Crippen molar-refractivity contribution in [3.8, 4) is 0 Å². The number of hydrogen-bond acceptors (Lipinski definition) is 3. The Hall–Kier alpha value is -1.24. The van der Waals surface area contributed by atoms with Gasteiger partial charge in [0.2, 0.25) is 5.91 Å². The number of rotatable bonds is 9. The van der Waals surface area contributed by atoms with Crippen molar-refractivity contribution >= 4 is 11.9 Å². The van der Waals surface area contributed by atoms with Crippen LogP contribution in [-0.2, 0) is 14.3 Å². The smallest absolute Gasteiger partial charge is 0.306 e. The Labute approximate surface area is 98.1 Å². The average Bonchev–Trinajstić information content (AvgIpc) is 2.23. The topological polar surface area (TPSA) is 75.6 Å². The van der Waals surface area contributed by atoms with E-state index in [-0.39, 0.29) is 25.5 Å². The minimum absolute atomic E-state index is 0.00578. The minimum Gasteiger partial charge on any atom is -0.481 e. The standard InChI is InChI=1S/C10H17F2NO4/c1-7(10(15)16)2-4-13-9(14)3-5-17-6-8(11)12/h7-8H,2-6H2,1H3,(H,13,14)(H,15,16). The molecule has 0 spiro atoms. The summed E-state index contributed by atoms with van der Waals surface area (Å²) in [4.78, 5) is 21.6. The number of aliphatic carboxylic acids is 1. The first-order valence-electron chi connectivity index (χ1n) is 5.29. The molecule has 0 rings (SSSR count). The first-order chi connectivity index (χ1) is 7.93. The van der Waals surface area contributed by atoms with Gasteiger partial charge in [-0.2, -0.15) is 0 Å². The summed E-state index contributed by atoms with van der Waals surface area (Å²) in [7, 11) is 0. The van der Waals surface area contributed by atoms with Crippen molar-refractivity contribution in [2.24, 2.45) is 5.92 Å². The molecule has 5 nitrogen and oxygen atoms in total. The van der Waals surface area contributed by atoms with Crippen LogP contribution in [0.5, 0.6) is 0 Å². The van der Waals surface area contributed by atoms with Crippen molar-refractivity contribution in [2.75, 3.05) is 19.8 Å². The van der Waals surface area contributed by atoms with Crippen LogP contribution < -0.4 is 5.32 Å². The maximum absolute atomic E-state index is 11.6. The Balaban J connectivity index is 3.44. The van der Waals surface area contributed by atoms with Gasteiger partial charge in [-0.1, -0.05) is 6.92 Å². The number of halogens is 2. The molecule has 7 heteroatoms.